The summed E-state index contributed by atoms with van der Waals surface area (Å²) < 4.78 is 17.9. The molecule has 2 aromatic carbocycles. The molecule has 0 saturated carbocycles. The summed E-state index contributed by atoms with van der Waals surface area (Å²) in [5, 5.41) is 0. The van der Waals surface area contributed by atoms with Gasteiger partial charge >= 0.3 is 0 Å². The number of rotatable bonds is 1. The molecule has 25 heavy (non-hydrogen) atoms. The molecular formula is C20H22BrNO3. The second-order valence-corrected chi connectivity index (χ2v) is 7.33. The van der Waals surface area contributed by atoms with Gasteiger partial charge in [0.25, 0.3) is 0 Å². The number of benzene rings is 2. The number of ether oxygens (including phenoxy) is 3. The molecule has 3 heterocycles. The van der Waals surface area contributed by atoms with Gasteiger partial charge in [-0.2, -0.15) is 0 Å². The number of nitrogens with zero attached hydrogens (tertiary/aromatic N) is 1. The number of hydrogen-bond donors (Lipinski definition) is 0. The fraction of sp³-hybridized carbons (Fsp3) is 0.400. The summed E-state index contributed by atoms with van der Waals surface area (Å²) in [6.07, 6.45) is 2.16. The molecule has 0 N–H and O–H groups in total. The lowest BCUT2D eigenvalue weighted by molar-refractivity contribution is -0.956. The van der Waals surface area contributed by atoms with Gasteiger partial charge in [-0.3, -0.25) is 0 Å². The number of quaternary nitrogens is 1. The number of likely N-dealkylation sites (N-methyl/N-ethyl adjacent to an activating group) is 1. The summed E-state index contributed by atoms with van der Waals surface area (Å²) in [6, 6.07) is 11.3. The van der Waals surface area contributed by atoms with E-state index in [0.29, 0.717) is 12.8 Å². The fourth-order valence-corrected chi connectivity index (χ4v) is 4.63. The van der Waals surface area contributed by atoms with E-state index in [-0.39, 0.29) is 17.0 Å². The predicted octanol–water partition coefficient (Wildman–Crippen LogP) is 0.228. The molecule has 0 aromatic heterocycles. The molecule has 5 rings (SSSR count). The van der Waals surface area contributed by atoms with Crippen molar-refractivity contribution in [3.63, 3.8) is 0 Å². The van der Waals surface area contributed by atoms with Gasteiger partial charge in [-0.05, 0) is 29.3 Å². The normalized spacial score (nSPS) is 25.3. The van der Waals surface area contributed by atoms with E-state index >= 15 is 0 Å². The minimum absolute atomic E-state index is 0. The lowest BCUT2D eigenvalue weighted by Gasteiger charge is -2.49. The van der Waals surface area contributed by atoms with Gasteiger partial charge in [0.1, 0.15) is 18.3 Å². The molecule has 2 unspecified atom stereocenters. The minimum Gasteiger partial charge on any atom is -1.00 e. The zero-order chi connectivity index (χ0) is 16.3. The molecule has 0 amide bonds. The molecule has 0 fully saturated rings. The smallest absolute Gasteiger partial charge is 0.231 e. The van der Waals surface area contributed by atoms with E-state index in [1.807, 2.05) is 0 Å². The molecule has 3 aliphatic rings. The Kier molecular flexibility index (Phi) is 3.96. The largest absolute Gasteiger partial charge is 1.00 e. The number of fused-ring (bicyclic) bond motifs is 6. The SMILES string of the molecule is COc1ccc2c(c1)C1Cc3ccc4c(c3C[N+]1(C)CC2)OCO4.[Br-]. The van der Waals surface area contributed by atoms with Crippen molar-refractivity contribution in [2.45, 2.75) is 25.4 Å². The minimum atomic E-state index is 0. The van der Waals surface area contributed by atoms with Crippen molar-refractivity contribution in [2.75, 3.05) is 27.5 Å². The van der Waals surface area contributed by atoms with Gasteiger partial charge in [0.2, 0.25) is 6.79 Å². The molecule has 2 atom stereocenters. The average Bonchev–Trinajstić information content (AvgIpc) is 3.08. The van der Waals surface area contributed by atoms with Gasteiger partial charge in [-0.1, -0.05) is 12.1 Å². The van der Waals surface area contributed by atoms with E-state index in [4.69, 9.17) is 14.2 Å². The van der Waals surface area contributed by atoms with Crippen LogP contribution >= 0.6 is 0 Å². The van der Waals surface area contributed by atoms with Crippen LogP contribution in [0.2, 0.25) is 0 Å². The second-order valence-electron chi connectivity index (χ2n) is 7.33. The molecular weight excluding hydrogens is 382 g/mol. The van der Waals surface area contributed by atoms with Crippen molar-refractivity contribution in [2.24, 2.45) is 0 Å². The standard InChI is InChI=1S/C20H22NO3.BrH/c1-21-8-7-13-3-5-15(22-2)10-16(13)18(21)9-14-4-6-19-20(17(14)11-21)24-12-23-19;/h3-6,10,18H,7-9,11-12H2,1-2H3;1H/q+1;/p-1. The Balaban J connectivity index is 0.00000157. The van der Waals surface area contributed by atoms with Crippen LogP contribution in [0.1, 0.15) is 28.3 Å². The van der Waals surface area contributed by atoms with Crippen molar-refractivity contribution in [3.8, 4) is 17.2 Å². The summed E-state index contributed by atoms with van der Waals surface area (Å²) in [7, 11) is 4.13. The summed E-state index contributed by atoms with van der Waals surface area (Å²) in [5.74, 6) is 2.83. The predicted molar refractivity (Wildman–Crippen MR) is 90.5 cm³/mol. The lowest BCUT2D eigenvalue weighted by atomic mass is 9.81. The van der Waals surface area contributed by atoms with Crippen LogP contribution in [0.3, 0.4) is 0 Å². The zero-order valence-corrected chi connectivity index (χ0v) is 16.1. The third kappa shape index (κ3) is 2.44. The number of hydrogen-bond acceptors (Lipinski definition) is 3. The van der Waals surface area contributed by atoms with E-state index in [0.717, 1.165) is 47.7 Å². The molecule has 0 aliphatic carbocycles. The molecule has 132 valence electrons. The van der Waals surface area contributed by atoms with Crippen LogP contribution in [0, 0.1) is 0 Å². The van der Waals surface area contributed by atoms with Crippen LogP contribution < -0.4 is 31.2 Å². The fourth-order valence-electron chi connectivity index (χ4n) is 4.63. The Bertz CT molecular complexity index is 838. The van der Waals surface area contributed by atoms with Crippen LogP contribution in [0.5, 0.6) is 17.2 Å². The highest BCUT2D eigenvalue weighted by molar-refractivity contribution is 5.53. The first-order valence-electron chi connectivity index (χ1n) is 8.59. The van der Waals surface area contributed by atoms with Crippen molar-refractivity contribution < 1.29 is 35.7 Å². The highest BCUT2D eigenvalue weighted by Crippen LogP contribution is 2.48. The highest BCUT2D eigenvalue weighted by Gasteiger charge is 2.44. The van der Waals surface area contributed by atoms with E-state index < -0.39 is 0 Å². The maximum absolute atomic E-state index is 5.78. The van der Waals surface area contributed by atoms with E-state index in [1.165, 1.54) is 22.3 Å². The van der Waals surface area contributed by atoms with Crippen LogP contribution in [-0.4, -0.2) is 32.0 Å². The topological polar surface area (TPSA) is 27.7 Å². The molecule has 2 aromatic rings. The Morgan fingerprint density at radius 2 is 1.96 bits per heavy atom. The molecule has 5 heteroatoms. The van der Waals surface area contributed by atoms with Gasteiger partial charge in [0.05, 0.1) is 26.3 Å². The maximum Gasteiger partial charge on any atom is 0.231 e. The van der Waals surface area contributed by atoms with E-state index in [2.05, 4.69) is 37.4 Å². The Hall–Kier alpha value is -1.72. The third-order valence-corrected chi connectivity index (χ3v) is 6.03. The highest BCUT2D eigenvalue weighted by atomic mass is 79.9. The molecule has 0 bridgehead atoms. The van der Waals surface area contributed by atoms with Crippen molar-refractivity contribution in [3.05, 3.63) is 52.6 Å². The van der Waals surface area contributed by atoms with Crippen molar-refractivity contribution in [1.82, 2.24) is 0 Å². The average molecular weight is 404 g/mol. The Morgan fingerprint density at radius 3 is 2.80 bits per heavy atom. The first-order valence-corrected chi connectivity index (χ1v) is 8.59. The first kappa shape index (κ1) is 16.7. The van der Waals surface area contributed by atoms with Crippen LogP contribution in [0.4, 0.5) is 0 Å². The summed E-state index contributed by atoms with van der Waals surface area (Å²) in [5.41, 5.74) is 5.66. The first-order chi connectivity index (χ1) is 11.7. The van der Waals surface area contributed by atoms with Gasteiger partial charge in [0, 0.05) is 18.4 Å². The molecule has 4 nitrogen and oxygen atoms in total. The Labute approximate surface area is 158 Å². The number of methoxy groups -OCH3 is 1. The van der Waals surface area contributed by atoms with Gasteiger partial charge in [0.15, 0.2) is 11.5 Å². The molecule has 0 saturated heterocycles. The maximum atomic E-state index is 5.78. The lowest BCUT2D eigenvalue weighted by Crippen LogP contribution is -3.00. The van der Waals surface area contributed by atoms with Crippen molar-refractivity contribution >= 4 is 0 Å². The third-order valence-electron chi connectivity index (χ3n) is 6.03. The van der Waals surface area contributed by atoms with Crippen molar-refractivity contribution in [1.29, 1.82) is 0 Å². The summed E-state index contributed by atoms with van der Waals surface area (Å²) >= 11 is 0. The van der Waals surface area contributed by atoms with Crippen LogP contribution in [-0.2, 0) is 19.4 Å². The second kappa shape index (κ2) is 5.92. The van der Waals surface area contributed by atoms with Gasteiger partial charge < -0.3 is 35.7 Å². The molecule has 3 aliphatic heterocycles. The summed E-state index contributed by atoms with van der Waals surface area (Å²) in [6.45, 7) is 2.51. The molecule has 0 radical (unpaired) electrons. The zero-order valence-electron chi connectivity index (χ0n) is 14.5. The monoisotopic (exact) mass is 403 g/mol. The van der Waals surface area contributed by atoms with Crippen LogP contribution in [0.15, 0.2) is 30.3 Å². The van der Waals surface area contributed by atoms with Gasteiger partial charge in [-0.25, -0.2) is 0 Å². The molecule has 0 spiro atoms. The quantitative estimate of drug-likeness (QED) is 0.637. The van der Waals surface area contributed by atoms with Crippen LogP contribution in [0.25, 0.3) is 0 Å². The summed E-state index contributed by atoms with van der Waals surface area (Å²) in [4.78, 5) is 0. The van der Waals surface area contributed by atoms with E-state index in [9.17, 15) is 0 Å². The van der Waals surface area contributed by atoms with E-state index in [1.54, 1.807) is 7.11 Å². The Morgan fingerprint density at radius 1 is 1.12 bits per heavy atom. The number of halogens is 1. The van der Waals surface area contributed by atoms with Gasteiger partial charge in [-0.15, -0.1) is 0 Å².